The van der Waals surface area contributed by atoms with Crippen molar-refractivity contribution in [3.05, 3.63) is 58.1 Å². The van der Waals surface area contributed by atoms with Gasteiger partial charge in [-0.15, -0.1) is 0 Å². The second-order valence-corrected chi connectivity index (χ2v) is 4.65. The zero-order chi connectivity index (χ0) is 13.1. The van der Waals surface area contributed by atoms with Gasteiger partial charge in [0.1, 0.15) is 11.5 Å². The SMILES string of the molecule is Cc1ccc(Oc2cccc(Cl)c2CO)c(C)c1. The highest BCUT2D eigenvalue weighted by molar-refractivity contribution is 6.31. The zero-order valence-corrected chi connectivity index (χ0v) is 11.2. The first kappa shape index (κ1) is 12.9. The average Bonchev–Trinajstić information content (AvgIpc) is 2.33. The lowest BCUT2D eigenvalue weighted by Gasteiger charge is -2.13. The van der Waals surface area contributed by atoms with Crippen LogP contribution in [0.2, 0.25) is 5.02 Å². The van der Waals surface area contributed by atoms with E-state index in [0.29, 0.717) is 16.3 Å². The molecule has 0 aliphatic rings. The summed E-state index contributed by atoms with van der Waals surface area (Å²) in [5.74, 6) is 1.37. The first-order valence-electron chi connectivity index (χ1n) is 5.75. The molecule has 0 radical (unpaired) electrons. The van der Waals surface area contributed by atoms with E-state index in [4.69, 9.17) is 16.3 Å². The Labute approximate surface area is 112 Å². The van der Waals surface area contributed by atoms with Gasteiger partial charge in [0.05, 0.1) is 6.61 Å². The van der Waals surface area contributed by atoms with Crippen molar-refractivity contribution in [2.24, 2.45) is 0 Å². The normalized spacial score (nSPS) is 10.4. The van der Waals surface area contributed by atoms with Gasteiger partial charge >= 0.3 is 0 Å². The quantitative estimate of drug-likeness (QED) is 0.896. The minimum atomic E-state index is -0.139. The third-order valence-electron chi connectivity index (χ3n) is 2.78. The van der Waals surface area contributed by atoms with Crippen LogP contribution in [0.15, 0.2) is 36.4 Å². The first-order chi connectivity index (χ1) is 8.61. The highest BCUT2D eigenvalue weighted by Gasteiger charge is 2.09. The molecule has 2 aromatic rings. The minimum Gasteiger partial charge on any atom is -0.457 e. The number of hydrogen-bond acceptors (Lipinski definition) is 2. The van der Waals surface area contributed by atoms with Gasteiger partial charge in [0.15, 0.2) is 0 Å². The summed E-state index contributed by atoms with van der Waals surface area (Å²) in [6.07, 6.45) is 0. The van der Waals surface area contributed by atoms with Crippen molar-refractivity contribution < 1.29 is 9.84 Å². The summed E-state index contributed by atoms with van der Waals surface area (Å²) in [4.78, 5) is 0. The van der Waals surface area contributed by atoms with E-state index < -0.39 is 0 Å². The number of halogens is 1. The van der Waals surface area contributed by atoms with Gasteiger partial charge in [0, 0.05) is 10.6 Å². The Kier molecular flexibility index (Phi) is 3.90. The molecule has 1 N–H and O–H groups in total. The third kappa shape index (κ3) is 2.66. The van der Waals surface area contributed by atoms with E-state index in [0.717, 1.165) is 11.3 Å². The zero-order valence-electron chi connectivity index (χ0n) is 10.4. The molecule has 3 heteroatoms. The van der Waals surface area contributed by atoms with Crippen molar-refractivity contribution in [3.8, 4) is 11.5 Å². The Morgan fingerprint density at radius 2 is 1.89 bits per heavy atom. The molecular weight excluding hydrogens is 248 g/mol. The largest absolute Gasteiger partial charge is 0.457 e. The molecule has 0 heterocycles. The van der Waals surface area contributed by atoms with Crippen molar-refractivity contribution >= 4 is 11.6 Å². The van der Waals surface area contributed by atoms with Gasteiger partial charge in [-0.2, -0.15) is 0 Å². The van der Waals surface area contributed by atoms with E-state index >= 15 is 0 Å². The number of aryl methyl sites for hydroxylation is 2. The lowest BCUT2D eigenvalue weighted by Crippen LogP contribution is -1.94. The van der Waals surface area contributed by atoms with Crippen LogP contribution in [0.5, 0.6) is 11.5 Å². The summed E-state index contributed by atoms with van der Waals surface area (Å²) in [6.45, 7) is 3.89. The van der Waals surface area contributed by atoms with Crippen molar-refractivity contribution in [3.63, 3.8) is 0 Å². The smallest absolute Gasteiger partial charge is 0.134 e. The van der Waals surface area contributed by atoms with Crippen LogP contribution >= 0.6 is 11.6 Å². The molecular formula is C15H15ClO2. The molecule has 94 valence electrons. The van der Waals surface area contributed by atoms with Crippen molar-refractivity contribution in [1.82, 2.24) is 0 Å². The Morgan fingerprint density at radius 3 is 2.56 bits per heavy atom. The summed E-state index contributed by atoms with van der Waals surface area (Å²) in [6, 6.07) is 11.3. The predicted molar refractivity (Wildman–Crippen MR) is 73.4 cm³/mol. The summed E-state index contributed by atoms with van der Waals surface area (Å²) >= 11 is 6.02. The molecule has 0 spiro atoms. The van der Waals surface area contributed by atoms with Crippen LogP contribution in [-0.4, -0.2) is 5.11 Å². The molecule has 0 fully saturated rings. The van der Waals surface area contributed by atoms with Crippen molar-refractivity contribution in [1.29, 1.82) is 0 Å². The number of aliphatic hydroxyl groups excluding tert-OH is 1. The first-order valence-corrected chi connectivity index (χ1v) is 6.13. The maximum absolute atomic E-state index is 9.33. The second kappa shape index (κ2) is 5.42. The van der Waals surface area contributed by atoms with Gasteiger partial charge in [-0.05, 0) is 37.6 Å². The molecule has 0 aromatic heterocycles. The lowest BCUT2D eigenvalue weighted by atomic mass is 10.1. The Hall–Kier alpha value is -1.51. The molecule has 2 nitrogen and oxygen atoms in total. The van der Waals surface area contributed by atoms with Crippen LogP contribution in [0.4, 0.5) is 0 Å². The average molecular weight is 263 g/mol. The summed E-state index contributed by atoms with van der Waals surface area (Å²) in [7, 11) is 0. The number of hydrogen-bond donors (Lipinski definition) is 1. The maximum atomic E-state index is 9.33. The van der Waals surface area contributed by atoms with Gasteiger partial charge in [-0.1, -0.05) is 35.4 Å². The minimum absolute atomic E-state index is 0.139. The molecule has 0 amide bonds. The van der Waals surface area contributed by atoms with E-state index in [1.807, 2.05) is 26.0 Å². The van der Waals surface area contributed by atoms with E-state index in [-0.39, 0.29) is 6.61 Å². The van der Waals surface area contributed by atoms with Gasteiger partial charge in [0.2, 0.25) is 0 Å². The fourth-order valence-electron chi connectivity index (χ4n) is 1.82. The molecule has 0 unspecified atom stereocenters. The molecule has 0 bridgehead atoms. The van der Waals surface area contributed by atoms with Crippen LogP contribution in [-0.2, 0) is 6.61 Å². The Morgan fingerprint density at radius 1 is 1.11 bits per heavy atom. The highest BCUT2D eigenvalue weighted by Crippen LogP contribution is 2.32. The fourth-order valence-corrected chi connectivity index (χ4v) is 2.05. The molecule has 0 saturated heterocycles. The van der Waals surface area contributed by atoms with Gasteiger partial charge in [0.25, 0.3) is 0 Å². The van der Waals surface area contributed by atoms with E-state index in [1.54, 1.807) is 18.2 Å². The predicted octanol–water partition coefficient (Wildman–Crippen LogP) is 4.24. The van der Waals surface area contributed by atoms with Crippen LogP contribution < -0.4 is 4.74 Å². The number of benzene rings is 2. The molecule has 0 aliphatic heterocycles. The molecule has 0 saturated carbocycles. The summed E-state index contributed by atoms with van der Waals surface area (Å²) < 4.78 is 5.82. The third-order valence-corrected chi connectivity index (χ3v) is 3.14. The fraction of sp³-hybridized carbons (Fsp3) is 0.200. The van der Waals surface area contributed by atoms with E-state index in [2.05, 4.69) is 6.07 Å². The van der Waals surface area contributed by atoms with E-state index in [9.17, 15) is 5.11 Å². The topological polar surface area (TPSA) is 29.5 Å². The number of ether oxygens (including phenoxy) is 1. The lowest BCUT2D eigenvalue weighted by molar-refractivity contribution is 0.276. The van der Waals surface area contributed by atoms with Crippen LogP contribution in [0, 0.1) is 13.8 Å². The van der Waals surface area contributed by atoms with Gasteiger partial charge in [-0.3, -0.25) is 0 Å². The van der Waals surface area contributed by atoms with Crippen molar-refractivity contribution in [2.45, 2.75) is 20.5 Å². The second-order valence-electron chi connectivity index (χ2n) is 4.25. The standard InChI is InChI=1S/C15H15ClO2/c1-10-6-7-14(11(2)8-10)18-15-5-3-4-13(16)12(15)9-17/h3-8,17H,9H2,1-2H3. The Balaban J connectivity index is 2.37. The number of aliphatic hydroxyl groups is 1. The van der Waals surface area contributed by atoms with Crippen LogP contribution in [0.25, 0.3) is 0 Å². The van der Waals surface area contributed by atoms with Crippen molar-refractivity contribution in [2.75, 3.05) is 0 Å². The van der Waals surface area contributed by atoms with Gasteiger partial charge in [-0.25, -0.2) is 0 Å². The maximum Gasteiger partial charge on any atom is 0.134 e. The highest BCUT2D eigenvalue weighted by atomic mass is 35.5. The molecule has 2 rings (SSSR count). The molecule has 2 aromatic carbocycles. The monoisotopic (exact) mass is 262 g/mol. The summed E-state index contributed by atoms with van der Waals surface area (Å²) in [5.41, 5.74) is 2.85. The Bertz CT molecular complexity index is 564. The molecule has 18 heavy (non-hydrogen) atoms. The number of rotatable bonds is 3. The molecule has 0 atom stereocenters. The van der Waals surface area contributed by atoms with Gasteiger partial charge < -0.3 is 9.84 Å². The van der Waals surface area contributed by atoms with Crippen LogP contribution in [0.3, 0.4) is 0 Å². The van der Waals surface area contributed by atoms with Crippen LogP contribution in [0.1, 0.15) is 16.7 Å². The van der Waals surface area contributed by atoms with E-state index in [1.165, 1.54) is 5.56 Å². The summed E-state index contributed by atoms with van der Waals surface area (Å²) in [5, 5.41) is 9.84. The molecule has 0 aliphatic carbocycles.